The Labute approximate surface area is 510 Å². The first-order valence-electron chi connectivity index (χ1n) is 28.1. The Morgan fingerprint density at radius 2 is 0.875 bits per heavy atom. The van der Waals surface area contributed by atoms with Crippen molar-refractivity contribution in [2.24, 2.45) is 0 Å². The normalized spacial score (nSPS) is 11.4. The minimum Gasteiger partial charge on any atom is -0.504 e. The van der Waals surface area contributed by atoms with Crippen LogP contribution in [-0.4, -0.2) is 174 Å². The lowest BCUT2D eigenvalue weighted by atomic mass is 10.1. The summed E-state index contributed by atoms with van der Waals surface area (Å²) in [5.41, 5.74) is 3.10. The maximum Gasteiger partial charge on any atom is 0.311 e. The zero-order chi connectivity index (χ0) is 63.1. The molecule has 472 valence electrons. The standard InChI is InChI=1S/C64H76N4O20/c1-77-59-38-46(12-20-55(59)73)8-16-51(69)42-53(71)18-10-48-14-22-57(61(40-48)79-3)87-45-50-44-68(67-66-50)25-27-82-29-31-84-33-35-86-37-36-85-34-32-83-30-28-81-26-24-65-63(75)6-5-7-64(76)88-58-23-15-49(41-62(58)80-4)11-19-54(72)43-52(70)17-9-47-13-21-56(74)60(39-47)78-2/h8-23,38-41,44,73-74H,5-7,24-37,42-43,45H2,1-4H3,(H,65,75)/b16-8+,17-9+,18-10+,19-11+. The van der Waals surface area contributed by atoms with Gasteiger partial charge in [0.25, 0.3) is 0 Å². The van der Waals surface area contributed by atoms with Crippen LogP contribution in [0.5, 0.6) is 46.0 Å². The number of ketones is 4. The van der Waals surface area contributed by atoms with Crippen molar-refractivity contribution >= 4 is 59.3 Å². The Kier molecular flexibility index (Phi) is 32.0. The molecule has 0 bridgehead atoms. The van der Waals surface area contributed by atoms with Crippen molar-refractivity contribution in [3.63, 3.8) is 0 Å². The number of carbonyl (C=O) groups is 6. The van der Waals surface area contributed by atoms with Gasteiger partial charge < -0.3 is 72.4 Å². The Bertz CT molecular complexity index is 3150. The van der Waals surface area contributed by atoms with Crippen molar-refractivity contribution in [1.29, 1.82) is 0 Å². The number of carbonyl (C=O) groups excluding carboxylic acids is 6. The SMILES string of the molecule is COc1cc(/C=C/C(=O)CC(=O)/C=C/c2ccc(OCc3cn(CCOCCOCCOCCOCCOCCOCCNC(=O)CCCC(=O)Oc4ccc(/C=C/C(=O)CC(=O)/C=C/c5ccc(O)c(OC)c5)cc4OC)nn3)c(OC)c2)ccc1O. The highest BCUT2D eigenvalue weighted by Gasteiger charge is 2.14. The van der Waals surface area contributed by atoms with Gasteiger partial charge in [0.15, 0.2) is 69.1 Å². The Hall–Kier alpha value is -9.04. The molecule has 24 nitrogen and oxygen atoms in total. The third-order valence-corrected chi connectivity index (χ3v) is 12.2. The second kappa shape index (κ2) is 40.4. The molecule has 3 N–H and O–H groups in total. The molecule has 24 heteroatoms. The minimum absolute atomic E-state index is 0.00621. The molecular weight excluding hydrogens is 1140 g/mol. The van der Waals surface area contributed by atoms with Crippen molar-refractivity contribution in [2.45, 2.75) is 45.3 Å². The van der Waals surface area contributed by atoms with Gasteiger partial charge in [-0.05, 0) is 102 Å². The summed E-state index contributed by atoms with van der Waals surface area (Å²) in [5.74, 6) is -0.507. The van der Waals surface area contributed by atoms with E-state index in [1.807, 2.05) is 0 Å². The maximum absolute atomic E-state index is 12.5. The van der Waals surface area contributed by atoms with Crippen LogP contribution in [0.15, 0.2) is 103 Å². The molecule has 5 aromatic rings. The number of allylic oxidation sites excluding steroid dienone is 4. The summed E-state index contributed by atoms with van der Waals surface area (Å²) in [6.07, 6.45) is 12.9. The van der Waals surface area contributed by atoms with Crippen LogP contribution in [0, 0.1) is 0 Å². The molecule has 1 amide bonds. The summed E-state index contributed by atoms with van der Waals surface area (Å²) < 4.78 is 67.4. The molecule has 0 saturated carbocycles. The van der Waals surface area contributed by atoms with Crippen molar-refractivity contribution in [1.82, 2.24) is 20.3 Å². The third-order valence-electron chi connectivity index (χ3n) is 12.2. The summed E-state index contributed by atoms with van der Waals surface area (Å²) in [5, 5.41) is 30.5. The number of phenols is 2. The predicted molar refractivity (Wildman–Crippen MR) is 322 cm³/mol. The second-order valence-corrected chi connectivity index (χ2v) is 18.8. The minimum atomic E-state index is -0.548. The number of hydrogen-bond donors (Lipinski definition) is 3. The molecule has 0 fully saturated rings. The van der Waals surface area contributed by atoms with Gasteiger partial charge >= 0.3 is 5.97 Å². The van der Waals surface area contributed by atoms with Gasteiger partial charge in [-0.2, -0.15) is 0 Å². The highest BCUT2D eigenvalue weighted by Crippen LogP contribution is 2.31. The molecule has 0 aliphatic carbocycles. The number of methoxy groups -OCH3 is 4. The fourth-order valence-corrected chi connectivity index (χ4v) is 7.65. The number of aromatic nitrogens is 3. The van der Waals surface area contributed by atoms with Gasteiger partial charge in [0.1, 0.15) is 12.3 Å². The number of aromatic hydroxyl groups is 2. The average Bonchev–Trinajstić information content (AvgIpc) is 4.12. The Balaban J connectivity index is 0.779. The smallest absolute Gasteiger partial charge is 0.311 e. The monoisotopic (exact) mass is 1220 g/mol. The van der Waals surface area contributed by atoms with E-state index < -0.39 is 17.5 Å². The predicted octanol–water partition coefficient (Wildman–Crippen LogP) is 6.80. The zero-order valence-corrected chi connectivity index (χ0v) is 49.9. The van der Waals surface area contributed by atoms with Crippen LogP contribution in [0.4, 0.5) is 0 Å². The summed E-state index contributed by atoms with van der Waals surface area (Å²) >= 11 is 0. The molecule has 0 atom stereocenters. The van der Waals surface area contributed by atoms with Crippen LogP contribution in [-0.2, 0) is 70.3 Å². The van der Waals surface area contributed by atoms with Crippen LogP contribution in [0.3, 0.4) is 0 Å². The highest BCUT2D eigenvalue weighted by atomic mass is 16.6. The van der Waals surface area contributed by atoms with Crippen molar-refractivity contribution in [3.8, 4) is 46.0 Å². The van der Waals surface area contributed by atoms with Gasteiger partial charge in [0, 0.05) is 19.4 Å². The Morgan fingerprint density at radius 1 is 0.477 bits per heavy atom. The van der Waals surface area contributed by atoms with E-state index in [2.05, 4.69) is 15.6 Å². The summed E-state index contributed by atoms with van der Waals surface area (Å²) in [4.78, 5) is 74.4. The molecule has 0 saturated heterocycles. The molecule has 0 radical (unpaired) electrons. The summed E-state index contributed by atoms with van der Waals surface area (Å²) in [7, 11) is 5.76. The average molecular weight is 1220 g/mol. The van der Waals surface area contributed by atoms with E-state index >= 15 is 0 Å². The first-order chi connectivity index (χ1) is 42.7. The van der Waals surface area contributed by atoms with Gasteiger partial charge in [-0.25, -0.2) is 4.68 Å². The van der Waals surface area contributed by atoms with E-state index in [1.54, 1.807) is 77.6 Å². The van der Waals surface area contributed by atoms with Crippen LogP contribution >= 0.6 is 0 Å². The number of hydrogen-bond acceptors (Lipinski definition) is 22. The molecule has 5 rings (SSSR count). The first kappa shape index (κ1) is 69.7. The van der Waals surface area contributed by atoms with E-state index in [1.165, 1.54) is 83.1 Å². The number of amides is 1. The van der Waals surface area contributed by atoms with Gasteiger partial charge in [-0.3, -0.25) is 28.8 Å². The maximum atomic E-state index is 12.5. The molecule has 0 unspecified atom stereocenters. The van der Waals surface area contributed by atoms with Crippen LogP contribution in [0.25, 0.3) is 24.3 Å². The second-order valence-electron chi connectivity index (χ2n) is 18.8. The molecule has 0 aliphatic rings. The van der Waals surface area contributed by atoms with E-state index in [4.69, 9.17) is 56.8 Å². The largest absolute Gasteiger partial charge is 0.504 e. The lowest BCUT2D eigenvalue weighted by Crippen LogP contribution is -2.27. The molecule has 88 heavy (non-hydrogen) atoms. The van der Waals surface area contributed by atoms with Crippen molar-refractivity contribution in [3.05, 3.63) is 131 Å². The van der Waals surface area contributed by atoms with Crippen LogP contribution in [0.1, 0.15) is 60.1 Å². The first-order valence-corrected chi connectivity index (χ1v) is 28.1. The van der Waals surface area contributed by atoms with Gasteiger partial charge in [0.2, 0.25) is 5.91 Å². The third kappa shape index (κ3) is 27.5. The topological polar surface area (TPSA) is 296 Å². The van der Waals surface area contributed by atoms with Gasteiger partial charge in [-0.15, -0.1) is 5.10 Å². The highest BCUT2D eigenvalue weighted by molar-refractivity contribution is 6.11. The van der Waals surface area contributed by atoms with Crippen LogP contribution < -0.4 is 33.7 Å². The van der Waals surface area contributed by atoms with E-state index in [0.717, 1.165) is 0 Å². The number of rotatable bonds is 45. The number of nitrogens with one attached hydrogen (secondary N) is 1. The van der Waals surface area contributed by atoms with E-state index in [9.17, 15) is 39.0 Å². The fourth-order valence-electron chi connectivity index (χ4n) is 7.65. The lowest BCUT2D eigenvalue weighted by Gasteiger charge is -2.10. The van der Waals surface area contributed by atoms with Gasteiger partial charge in [0.05, 0.1) is 133 Å². The lowest BCUT2D eigenvalue weighted by molar-refractivity contribution is -0.135. The zero-order valence-electron chi connectivity index (χ0n) is 49.9. The quantitative estimate of drug-likeness (QED) is 0.0119. The van der Waals surface area contributed by atoms with Crippen LogP contribution in [0.2, 0.25) is 0 Å². The number of phenolic OH excluding ortho intramolecular Hbond substituents is 2. The van der Waals surface area contributed by atoms with E-state index in [-0.39, 0.29) is 90.7 Å². The summed E-state index contributed by atoms with van der Waals surface area (Å²) in [6, 6.07) is 19.2. The number of benzene rings is 4. The molecule has 1 aromatic heterocycles. The number of nitrogens with zero attached hydrogens (tertiary/aromatic N) is 3. The summed E-state index contributed by atoms with van der Waals surface area (Å²) in [6.45, 7) is 5.49. The molecule has 1 heterocycles. The Morgan fingerprint density at radius 3 is 1.33 bits per heavy atom. The van der Waals surface area contributed by atoms with Crippen molar-refractivity contribution < 1.29 is 95.8 Å². The van der Waals surface area contributed by atoms with Crippen molar-refractivity contribution in [2.75, 3.05) is 114 Å². The molecule has 0 spiro atoms. The van der Waals surface area contributed by atoms with Gasteiger partial charge in [-0.1, -0.05) is 53.8 Å². The molecule has 4 aromatic carbocycles. The molecule has 0 aliphatic heterocycles. The van der Waals surface area contributed by atoms with E-state index in [0.29, 0.717) is 132 Å². The number of esters is 1. The molecular formula is C64H76N4O20. The number of ether oxygens (including phenoxy) is 12. The fraction of sp³-hybridized carbons (Fsp3) is 0.375.